The molecule has 1 aliphatic rings. The topological polar surface area (TPSA) is 139 Å². The van der Waals surface area contributed by atoms with E-state index in [1.54, 1.807) is 0 Å². The number of carbonyl (C=O) groups is 4. The van der Waals surface area contributed by atoms with E-state index in [-0.39, 0.29) is 0 Å². The van der Waals surface area contributed by atoms with Crippen LogP contribution >= 0.6 is 11.8 Å². The van der Waals surface area contributed by atoms with E-state index >= 15 is 0 Å². The van der Waals surface area contributed by atoms with Gasteiger partial charge < -0.3 is 16.2 Å². The molecule has 2 atom stereocenters. The number of aliphatic carboxylic acids is 1. The van der Waals surface area contributed by atoms with Gasteiger partial charge in [0.2, 0.25) is 17.7 Å². The van der Waals surface area contributed by atoms with Crippen LogP contribution in [-0.4, -0.2) is 52.9 Å². The minimum Gasteiger partial charge on any atom is -0.481 e. The van der Waals surface area contributed by atoms with Gasteiger partial charge in [-0.2, -0.15) is 11.8 Å². The van der Waals surface area contributed by atoms with Crippen molar-refractivity contribution in [1.82, 2.24) is 10.6 Å². The first-order chi connectivity index (χ1) is 13.3. The molecule has 0 saturated heterocycles. The number of nitrogens with one attached hydrogen (secondary N) is 2. The molecule has 0 fully saturated rings. The Morgan fingerprint density at radius 2 is 1.79 bits per heavy atom. The van der Waals surface area contributed by atoms with E-state index in [4.69, 9.17) is 10.8 Å². The average molecular weight is 407 g/mol. The maximum Gasteiger partial charge on any atom is 0.305 e. The summed E-state index contributed by atoms with van der Waals surface area (Å²) in [6, 6.07) is 5.45. The van der Waals surface area contributed by atoms with Crippen molar-refractivity contribution in [1.29, 1.82) is 0 Å². The first-order valence-electron chi connectivity index (χ1n) is 9.00. The second kappa shape index (κ2) is 10.2. The lowest BCUT2D eigenvalue weighted by atomic mass is 10.0. The minimum absolute atomic E-state index is 0.397. The van der Waals surface area contributed by atoms with Crippen LogP contribution in [0.5, 0.6) is 0 Å². The van der Waals surface area contributed by atoms with Gasteiger partial charge in [0.05, 0.1) is 12.5 Å². The van der Waals surface area contributed by atoms with Gasteiger partial charge in [-0.05, 0) is 42.4 Å². The minimum atomic E-state index is -1.36. The lowest BCUT2D eigenvalue weighted by Gasteiger charge is -2.19. The third kappa shape index (κ3) is 6.07. The lowest BCUT2D eigenvalue weighted by Crippen LogP contribution is -2.54. The summed E-state index contributed by atoms with van der Waals surface area (Å²) in [6.07, 6.45) is 2.67. The summed E-state index contributed by atoms with van der Waals surface area (Å²) in [5.74, 6) is -2.93. The van der Waals surface area contributed by atoms with Gasteiger partial charge in [0.25, 0.3) is 0 Å². The van der Waals surface area contributed by atoms with Gasteiger partial charge in [-0.3, -0.25) is 24.5 Å². The number of thioether (sulfide) groups is 1. The molecule has 0 spiro atoms. The number of fused-ring (bicyclic) bond motifs is 1. The number of benzene rings is 1. The number of carboxylic acid groups (broad SMARTS) is 1. The van der Waals surface area contributed by atoms with Crippen LogP contribution in [0.2, 0.25) is 0 Å². The Balaban J connectivity index is 1.96. The summed E-state index contributed by atoms with van der Waals surface area (Å²) in [5.41, 5.74) is 7.88. The molecule has 1 aliphatic carbocycles. The van der Waals surface area contributed by atoms with Gasteiger partial charge in [-0.15, -0.1) is 0 Å². The van der Waals surface area contributed by atoms with Gasteiger partial charge in [-0.25, -0.2) is 0 Å². The Morgan fingerprint density at radius 3 is 2.32 bits per heavy atom. The van der Waals surface area contributed by atoms with E-state index in [2.05, 4.69) is 10.6 Å². The maximum absolute atomic E-state index is 12.5. The molecule has 3 amide bonds. The molecule has 2 rings (SSSR count). The molecular weight excluding hydrogens is 382 g/mol. The number of imide groups is 1. The molecule has 0 unspecified atom stereocenters. The Labute approximate surface area is 167 Å². The third-order valence-electron chi connectivity index (χ3n) is 4.65. The van der Waals surface area contributed by atoms with Crippen molar-refractivity contribution < 1.29 is 24.3 Å². The number of hydrogen-bond acceptors (Lipinski definition) is 6. The maximum atomic E-state index is 12.5. The Bertz CT molecular complexity index is 730. The molecule has 152 valence electrons. The zero-order valence-corrected chi connectivity index (χ0v) is 16.5. The number of hydrogen-bond donors (Lipinski definition) is 4. The summed E-state index contributed by atoms with van der Waals surface area (Å²) in [6.45, 7) is 0. The zero-order valence-electron chi connectivity index (χ0n) is 15.6. The van der Waals surface area contributed by atoms with Crippen LogP contribution in [0.3, 0.4) is 0 Å². The molecular formula is C19H25N3O5S. The molecule has 28 heavy (non-hydrogen) atoms. The predicted octanol–water partition coefficient (Wildman–Crippen LogP) is 0.0841. The molecule has 0 heterocycles. The number of amides is 3. The van der Waals surface area contributed by atoms with E-state index < -0.39 is 48.1 Å². The quantitative estimate of drug-likeness (QED) is 0.455. The lowest BCUT2D eigenvalue weighted by molar-refractivity contribution is -0.142. The van der Waals surface area contributed by atoms with Crippen molar-refractivity contribution in [2.45, 2.75) is 37.8 Å². The SMILES string of the molecule is CSCC[C@H](N)C(=O)N[C@@H](CC(=O)O)C(=O)NC(=O)C1Cc2ccccc2C1. The molecule has 9 heteroatoms. The van der Waals surface area contributed by atoms with Crippen molar-refractivity contribution in [2.75, 3.05) is 12.0 Å². The van der Waals surface area contributed by atoms with Crippen LogP contribution in [0.15, 0.2) is 24.3 Å². The highest BCUT2D eigenvalue weighted by Gasteiger charge is 2.31. The Morgan fingerprint density at radius 1 is 1.18 bits per heavy atom. The molecule has 0 bridgehead atoms. The van der Waals surface area contributed by atoms with E-state index in [9.17, 15) is 19.2 Å². The smallest absolute Gasteiger partial charge is 0.305 e. The third-order valence-corrected chi connectivity index (χ3v) is 5.29. The van der Waals surface area contributed by atoms with Crippen LogP contribution in [0.1, 0.15) is 24.0 Å². The van der Waals surface area contributed by atoms with E-state index in [1.165, 1.54) is 11.8 Å². The largest absolute Gasteiger partial charge is 0.481 e. The highest BCUT2D eigenvalue weighted by Crippen LogP contribution is 2.26. The van der Waals surface area contributed by atoms with Crippen molar-refractivity contribution in [3.05, 3.63) is 35.4 Å². The summed E-state index contributed by atoms with van der Waals surface area (Å²) in [4.78, 5) is 48.1. The zero-order chi connectivity index (χ0) is 20.7. The van der Waals surface area contributed by atoms with E-state index in [0.29, 0.717) is 25.0 Å². The van der Waals surface area contributed by atoms with Gasteiger partial charge in [0.15, 0.2) is 0 Å². The molecule has 0 aromatic heterocycles. The number of nitrogens with two attached hydrogens (primary N) is 1. The summed E-state index contributed by atoms with van der Waals surface area (Å²) < 4.78 is 0. The summed E-state index contributed by atoms with van der Waals surface area (Å²) in [7, 11) is 0. The van der Waals surface area contributed by atoms with Gasteiger partial charge in [-0.1, -0.05) is 24.3 Å². The first kappa shape index (κ1) is 21.9. The second-order valence-corrected chi connectivity index (χ2v) is 7.76. The van der Waals surface area contributed by atoms with Crippen LogP contribution in [0, 0.1) is 5.92 Å². The monoisotopic (exact) mass is 407 g/mol. The van der Waals surface area contributed by atoms with Crippen molar-refractivity contribution in [2.24, 2.45) is 11.7 Å². The van der Waals surface area contributed by atoms with Gasteiger partial charge in [0, 0.05) is 5.92 Å². The fourth-order valence-electron chi connectivity index (χ4n) is 3.09. The highest BCUT2D eigenvalue weighted by molar-refractivity contribution is 7.98. The van der Waals surface area contributed by atoms with Crippen LogP contribution < -0.4 is 16.4 Å². The van der Waals surface area contributed by atoms with Crippen molar-refractivity contribution in [3.63, 3.8) is 0 Å². The van der Waals surface area contributed by atoms with Gasteiger partial charge >= 0.3 is 5.97 Å². The summed E-state index contributed by atoms with van der Waals surface area (Å²) in [5, 5.41) is 13.6. The molecule has 0 radical (unpaired) electrons. The van der Waals surface area contributed by atoms with Gasteiger partial charge in [0.1, 0.15) is 6.04 Å². The van der Waals surface area contributed by atoms with E-state index in [0.717, 1.165) is 11.1 Å². The van der Waals surface area contributed by atoms with Crippen LogP contribution in [0.25, 0.3) is 0 Å². The fraction of sp³-hybridized carbons (Fsp3) is 0.474. The average Bonchev–Trinajstić information content (AvgIpc) is 3.09. The van der Waals surface area contributed by atoms with Crippen LogP contribution in [-0.2, 0) is 32.0 Å². The number of carbonyl (C=O) groups excluding carboxylic acids is 3. The predicted molar refractivity (Wildman–Crippen MR) is 106 cm³/mol. The van der Waals surface area contributed by atoms with Crippen molar-refractivity contribution >= 4 is 35.5 Å². The van der Waals surface area contributed by atoms with E-state index in [1.807, 2.05) is 30.5 Å². The second-order valence-electron chi connectivity index (χ2n) is 6.77. The molecule has 5 N–H and O–H groups in total. The molecule has 0 saturated carbocycles. The van der Waals surface area contributed by atoms with Crippen molar-refractivity contribution in [3.8, 4) is 0 Å². The number of rotatable bonds is 9. The first-order valence-corrected chi connectivity index (χ1v) is 10.4. The normalized spacial score (nSPS) is 15.4. The molecule has 0 aliphatic heterocycles. The number of carboxylic acids is 1. The highest BCUT2D eigenvalue weighted by atomic mass is 32.2. The molecule has 1 aromatic rings. The van der Waals surface area contributed by atoms with Crippen LogP contribution in [0.4, 0.5) is 0 Å². The Kier molecular flexibility index (Phi) is 8.01. The fourth-order valence-corrected chi connectivity index (χ4v) is 3.58. The molecule has 1 aromatic carbocycles. The summed E-state index contributed by atoms with van der Waals surface area (Å²) >= 11 is 1.52. The molecule has 8 nitrogen and oxygen atoms in total. The Hall–Kier alpha value is -2.39. The standard InChI is InChI=1S/C19H25N3O5S/c1-28-7-6-14(20)18(26)21-15(10-16(23)24)19(27)22-17(25)13-8-11-4-2-3-5-12(11)9-13/h2-5,13-15H,6-10,20H2,1H3,(H,21,26)(H,23,24)(H,22,25,27)/t14-,15-/m0/s1.